The summed E-state index contributed by atoms with van der Waals surface area (Å²) in [4.78, 5) is 26.8. The number of nitrogens with two attached hydrogens (primary N) is 1. The number of primary amides is 1. The molecule has 0 spiro atoms. The number of carbonyl (C=O) groups excluding carboxylic acids is 2. The van der Waals surface area contributed by atoms with Crippen LogP contribution in [0.25, 0.3) is 0 Å². The lowest BCUT2D eigenvalue weighted by Crippen LogP contribution is -2.34. The van der Waals surface area contributed by atoms with E-state index in [2.05, 4.69) is 11.4 Å². The average Bonchev–Trinajstić information content (AvgIpc) is 3.24. The summed E-state index contributed by atoms with van der Waals surface area (Å²) in [6.45, 7) is 1.32. The monoisotopic (exact) mass is 418 g/mol. The van der Waals surface area contributed by atoms with Crippen molar-refractivity contribution >= 4 is 23.2 Å². The summed E-state index contributed by atoms with van der Waals surface area (Å²) < 4.78 is 10.7. The normalized spacial score (nSPS) is 10.6. The highest BCUT2D eigenvalue weighted by molar-refractivity contribution is 7.09. The average molecular weight is 419 g/mol. The highest BCUT2D eigenvalue weighted by Gasteiger charge is 2.14. The molecular weight excluding hydrogens is 388 g/mol. The molecule has 0 saturated carbocycles. The first-order chi connectivity index (χ1) is 14.0. The first-order valence-electron chi connectivity index (χ1n) is 9.83. The number of carbonyl (C=O) groups is 2. The molecule has 0 saturated heterocycles. The molecular formula is C22H30N2O4S. The summed E-state index contributed by atoms with van der Waals surface area (Å²) in [7, 11) is 3.23. The van der Waals surface area contributed by atoms with Gasteiger partial charge in [0.05, 0.1) is 14.2 Å². The summed E-state index contributed by atoms with van der Waals surface area (Å²) in [5, 5.41) is 2.05. The lowest BCUT2D eigenvalue weighted by atomic mass is 10.1. The van der Waals surface area contributed by atoms with E-state index in [1.807, 2.05) is 29.2 Å². The maximum absolute atomic E-state index is 12.8. The Hall–Kier alpha value is -2.54. The van der Waals surface area contributed by atoms with Crippen LogP contribution in [0.15, 0.2) is 35.7 Å². The second-order valence-corrected chi connectivity index (χ2v) is 7.86. The number of nitrogens with zero attached hydrogens (tertiary/aromatic N) is 1. The lowest BCUT2D eigenvalue weighted by Gasteiger charge is -2.23. The van der Waals surface area contributed by atoms with Crippen molar-refractivity contribution in [2.75, 3.05) is 27.3 Å². The van der Waals surface area contributed by atoms with Crippen molar-refractivity contribution in [3.8, 4) is 11.5 Å². The lowest BCUT2D eigenvalue weighted by molar-refractivity contribution is -0.131. The van der Waals surface area contributed by atoms with E-state index in [-0.39, 0.29) is 11.8 Å². The van der Waals surface area contributed by atoms with E-state index in [1.54, 1.807) is 25.6 Å². The first kappa shape index (κ1) is 22.7. The van der Waals surface area contributed by atoms with E-state index in [0.29, 0.717) is 50.3 Å². The smallest absolute Gasteiger partial charge is 0.222 e. The number of amides is 2. The quantitative estimate of drug-likeness (QED) is 0.505. The van der Waals surface area contributed by atoms with Gasteiger partial charge in [0.25, 0.3) is 0 Å². The molecule has 2 N–H and O–H groups in total. The number of unbranched alkanes of at least 4 members (excludes halogenated alkanes) is 1. The van der Waals surface area contributed by atoms with Gasteiger partial charge in [0.2, 0.25) is 11.8 Å². The molecule has 0 bridgehead atoms. The Bertz CT molecular complexity index is 777. The second kappa shape index (κ2) is 12.1. The Balaban J connectivity index is 1.96. The number of methoxy groups -OCH3 is 2. The predicted octanol–water partition coefficient (Wildman–Crippen LogP) is 3.42. The molecule has 2 amide bonds. The molecule has 0 atom stereocenters. The zero-order chi connectivity index (χ0) is 21.1. The van der Waals surface area contributed by atoms with Crippen molar-refractivity contribution in [2.45, 2.75) is 38.5 Å². The third kappa shape index (κ3) is 7.77. The maximum atomic E-state index is 12.8. The maximum Gasteiger partial charge on any atom is 0.222 e. The van der Waals surface area contributed by atoms with E-state index in [4.69, 9.17) is 15.2 Å². The largest absolute Gasteiger partial charge is 0.493 e. The first-order valence-corrected chi connectivity index (χ1v) is 10.7. The van der Waals surface area contributed by atoms with Crippen LogP contribution in [0.4, 0.5) is 0 Å². The number of benzene rings is 1. The molecule has 2 aromatic rings. The zero-order valence-corrected chi connectivity index (χ0v) is 18.0. The Morgan fingerprint density at radius 1 is 1.00 bits per heavy atom. The number of thiophene rings is 1. The predicted molar refractivity (Wildman–Crippen MR) is 116 cm³/mol. The molecule has 1 aromatic carbocycles. The highest BCUT2D eigenvalue weighted by Crippen LogP contribution is 2.27. The topological polar surface area (TPSA) is 81.9 Å². The van der Waals surface area contributed by atoms with Gasteiger partial charge in [-0.2, -0.15) is 0 Å². The van der Waals surface area contributed by atoms with E-state index in [1.165, 1.54) is 4.88 Å². The SMILES string of the molecule is COc1ccc(CCN(CCc2cccs2)C(=O)CCCCC(N)=O)cc1OC. The van der Waals surface area contributed by atoms with Crippen LogP contribution >= 0.6 is 11.3 Å². The van der Waals surface area contributed by atoms with Crippen molar-refractivity contribution in [3.05, 3.63) is 46.2 Å². The van der Waals surface area contributed by atoms with Crippen LogP contribution in [0, 0.1) is 0 Å². The number of hydrogen-bond acceptors (Lipinski definition) is 5. The summed E-state index contributed by atoms with van der Waals surface area (Å²) >= 11 is 1.71. The minimum absolute atomic E-state index is 0.117. The van der Waals surface area contributed by atoms with Gasteiger partial charge < -0.3 is 20.1 Å². The third-order valence-electron chi connectivity index (χ3n) is 4.74. The zero-order valence-electron chi connectivity index (χ0n) is 17.2. The Labute approximate surface area is 176 Å². The van der Waals surface area contributed by atoms with Crippen molar-refractivity contribution in [1.29, 1.82) is 0 Å². The van der Waals surface area contributed by atoms with Crippen molar-refractivity contribution in [2.24, 2.45) is 5.73 Å². The van der Waals surface area contributed by atoms with Gasteiger partial charge in [0, 0.05) is 30.8 Å². The highest BCUT2D eigenvalue weighted by atomic mass is 32.1. The summed E-state index contributed by atoms with van der Waals surface area (Å²) in [5.41, 5.74) is 6.26. The summed E-state index contributed by atoms with van der Waals surface area (Å²) in [6, 6.07) is 9.95. The number of ether oxygens (including phenoxy) is 2. The summed E-state index contributed by atoms with van der Waals surface area (Å²) in [6.07, 6.45) is 3.66. The fraction of sp³-hybridized carbons (Fsp3) is 0.455. The third-order valence-corrected chi connectivity index (χ3v) is 5.68. The van der Waals surface area contributed by atoms with Crippen molar-refractivity contribution < 1.29 is 19.1 Å². The molecule has 29 heavy (non-hydrogen) atoms. The van der Waals surface area contributed by atoms with Gasteiger partial charge in [0.1, 0.15) is 0 Å². The van der Waals surface area contributed by atoms with Crippen LogP contribution < -0.4 is 15.2 Å². The Kier molecular flexibility index (Phi) is 9.50. The molecule has 6 nitrogen and oxygen atoms in total. The fourth-order valence-electron chi connectivity index (χ4n) is 3.09. The molecule has 1 heterocycles. The molecule has 2 rings (SSSR count). The molecule has 158 valence electrons. The van der Waals surface area contributed by atoms with E-state index >= 15 is 0 Å². The van der Waals surface area contributed by atoms with Crippen molar-refractivity contribution in [1.82, 2.24) is 4.90 Å². The molecule has 0 aliphatic heterocycles. The van der Waals surface area contributed by atoms with Crippen molar-refractivity contribution in [3.63, 3.8) is 0 Å². The Morgan fingerprint density at radius 3 is 2.38 bits per heavy atom. The van der Waals surface area contributed by atoms with Crippen LogP contribution in [0.5, 0.6) is 11.5 Å². The Morgan fingerprint density at radius 2 is 1.72 bits per heavy atom. The van der Waals surface area contributed by atoms with Crippen LogP contribution in [0.2, 0.25) is 0 Å². The van der Waals surface area contributed by atoms with Crippen LogP contribution in [-0.2, 0) is 22.4 Å². The minimum atomic E-state index is -0.319. The van der Waals surface area contributed by atoms with Gasteiger partial charge in [-0.1, -0.05) is 12.1 Å². The van der Waals surface area contributed by atoms with E-state index in [0.717, 1.165) is 18.4 Å². The number of rotatable bonds is 13. The van der Waals surface area contributed by atoms with Crippen LogP contribution in [0.3, 0.4) is 0 Å². The molecule has 0 aliphatic rings. The van der Waals surface area contributed by atoms with Gasteiger partial charge in [-0.05, 0) is 54.8 Å². The molecule has 0 unspecified atom stereocenters. The minimum Gasteiger partial charge on any atom is -0.493 e. The molecule has 7 heteroatoms. The summed E-state index contributed by atoms with van der Waals surface area (Å²) in [5.74, 6) is 1.18. The number of hydrogen-bond donors (Lipinski definition) is 1. The van der Waals surface area contributed by atoms with Gasteiger partial charge in [0.15, 0.2) is 11.5 Å². The van der Waals surface area contributed by atoms with E-state index in [9.17, 15) is 9.59 Å². The molecule has 0 aliphatic carbocycles. The molecule has 0 fully saturated rings. The van der Waals surface area contributed by atoms with Gasteiger partial charge in [-0.15, -0.1) is 11.3 Å². The van der Waals surface area contributed by atoms with Crippen LogP contribution in [-0.4, -0.2) is 44.0 Å². The van der Waals surface area contributed by atoms with Crippen LogP contribution in [0.1, 0.15) is 36.1 Å². The molecule has 1 aromatic heterocycles. The van der Waals surface area contributed by atoms with Gasteiger partial charge >= 0.3 is 0 Å². The van der Waals surface area contributed by atoms with Gasteiger partial charge in [-0.3, -0.25) is 9.59 Å². The fourth-order valence-corrected chi connectivity index (χ4v) is 3.79. The second-order valence-electron chi connectivity index (χ2n) is 6.82. The molecule has 0 radical (unpaired) electrons. The van der Waals surface area contributed by atoms with E-state index < -0.39 is 0 Å². The standard InChI is InChI=1S/C22H30N2O4S/c1-27-19-10-9-17(16-20(19)28-2)11-13-24(14-12-18-6-5-15-29-18)22(26)8-4-3-7-21(23)25/h5-6,9-10,15-16H,3-4,7-8,11-14H2,1-2H3,(H2,23,25). The van der Waals surface area contributed by atoms with Gasteiger partial charge in [-0.25, -0.2) is 0 Å².